The Morgan fingerprint density at radius 3 is 2.70 bits per heavy atom. The third kappa shape index (κ3) is 3.12. The van der Waals surface area contributed by atoms with E-state index >= 15 is 0 Å². The molecule has 0 bridgehead atoms. The van der Waals surface area contributed by atoms with E-state index in [0.29, 0.717) is 13.1 Å². The molecule has 0 radical (unpaired) electrons. The zero-order chi connectivity index (χ0) is 14.9. The van der Waals surface area contributed by atoms with E-state index in [1.807, 2.05) is 39.8 Å². The van der Waals surface area contributed by atoms with Crippen LogP contribution in [0.2, 0.25) is 0 Å². The summed E-state index contributed by atoms with van der Waals surface area (Å²) in [7, 11) is 0. The van der Waals surface area contributed by atoms with Gasteiger partial charge < -0.3 is 14.7 Å². The van der Waals surface area contributed by atoms with Crippen LogP contribution < -0.4 is 0 Å². The predicted octanol–water partition coefficient (Wildman–Crippen LogP) is 2.78. The van der Waals surface area contributed by atoms with Crippen LogP contribution in [0.15, 0.2) is 12.1 Å². The molecule has 0 unspecified atom stereocenters. The summed E-state index contributed by atoms with van der Waals surface area (Å²) in [6.07, 6.45) is 0.556. The minimum absolute atomic E-state index is 0.0644. The maximum Gasteiger partial charge on any atom is 0.410 e. The van der Waals surface area contributed by atoms with Gasteiger partial charge in [0.25, 0.3) is 0 Å². The summed E-state index contributed by atoms with van der Waals surface area (Å²) in [5, 5.41) is 9.30. The van der Waals surface area contributed by atoms with Gasteiger partial charge in [-0.3, -0.25) is 0 Å². The average molecular weight is 277 g/mol. The van der Waals surface area contributed by atoms with Crippen molar-refractivity contribution in [2.75, 3.05) is 6.54 Å². The lowest BCUT2D eigenvalue weighted by Crippen LogP contribution is -2.40. The van der Waals surface area contributed by atoms with E-state index in [-0.39, 0.29) is 12.7 Å². The normalized spacial score (nSPS) is 14.9. The number of aliphatic hydroxyl groups is 1. The molecule has 110 valence electrons. The van der Waals surface area contributed by atoms with Gasteiger partial charge in [0.2, 0.25) is 0 Å². The van der Waals surface area contributed by atoms with Crippen LogP contribution in [0.4, 0.5) is 4.79 Å². The minimum Gasteiger partial charge on any atom is -0.444 e. The third-order valence-corrected chi connectivity index (χ3v) is 3.62. The van der Waals surface area contributed by atoms with Crippen molar-refractivity contribution in [1.82, 2.24) is 4.90 Å². The molecule has 1 N–H and O–H groups in total. The number of rotatable bonds is 1. The van der Waals surface area contributed by atoms with Crippen LogP contribution in [-0.2, 0) is 24.3 Å². The average Bonchev–Trinajstić information content (AvgIpc) is 2.37. The van der Waals surface area contributed by atoms with Gasteiger partial charge in [0.1, 0.15) is 5.60 Å². The Kier molecular flexibility index (Phi) is 4.04. The fourth-order valence-corrected chi connectivity index (χ4v) is 2.54. The number of hydrogen-bond donors (Lipinski definition) is 1. The molecule has 2 rings (SSSR count). The highest BCUT2D eigenvalue weighted by atomic mass is 16.6. The molecule has 0 fully saturated rings. The predicted molar refractivity (Wildman–Crippen MR) is 77.4 cm³/mol. The second kappa shape index (κ2) is 5.44. The molecule has 4 nitrogen and oxygen atoms in total. The van der Waals surface area contributed by atoms with E-state index < -0.39 is 5.60 Å². The van der Waals surface area contributed by atoms with Gasteiger partial charge in [-0.25, -0.2) is 4.79 Å². The molecular weight excluding hydrogens is 254 g/mol. The van der Waals surface area contributed by atoms with Crippen molar-refractivity contribution in [3.8, 4) is 0 Å². The summed E-state index contributed by atoms with van der Waals surface area (Å²) < 4.78 is 5.41. The molecular formula is C16H23NO3. The van der Waals surface area contributed by atoms with Gasteiger partial charge in [-0.2, -0.15) is 0 Å². The van der Waals surface area contributed by atoms with Crippen molar-refractivity contribution in [3.63, 3.8) is 0 Å². The van der Waals surface area contributed by atoms with Gasteiger partial charge in [-0.1, -0.05) is 12.1 Å². The molecule has 0 spiro atoms. The Bertz CT molecular complexity index is 517. The van der Waals surface area contributed by atoms with Crippen LogP contribution in [0, 0.1) is 6.92 Å². The van der Waals surface area contributed by atoms with Crippen LogP contribution in [0.3, 0.4) is 0 Å². The van der Waals surface area contributed by atoms with Crippen molar-refractivity contribution >= 4 is 6.09 Å². The van der Waals surface area contributed by atoms with Gasteiger partial charge in [-0.15, -0.1) is 0 Å². The second-order valence-electron chi connectivity index (χ2n) is 6.30. The second-order valence-corrected chi connectivity index (χ2v) is 6.30. The maximum atomic E-state index is 12.1. The lowest BCUT2D eigenvalue weighted by atomic mass is 9.92. The number of hydrogen-bond acceptors (Lipinski definition) is 3. The number of fused-ring (bicyclic) bond motifs is 1. The van der Waals surface area contributed by atoms with E-state index in [2.05, 4.69) is 0 Å². The summed E-state index contributed by atoms with van der Waals surface area (Å²) in [5.41, 5.74) is 4.06. The molecule has 0 saturated carbocycles. The van der Waals surface area contributed by atoms with Crippen LogP contribution >= 0.6 is 0 Å². The maximum absolute atomic E-state index is 12.1. The van der Waals surface area contributed by atoms with E-state index in [9.17, 15) is 9.90 Å². The van der Waals surface area contributed by atoms with E-state index in [4.69, 9.17) is 4.74 Å². The van der Waals surface area contributed by atoms with Crippen molar-refractivity contribution in [3.05, 3.63) is 34.4 Å². The Morgan fingerprint density at radius 2 is 2.10 bits per heavy atom. The zero-order valence-electron chi connectivity index (χ0n) is 12.7. The van der Waals surface area contributed by atoms with E-state index in [1.165, 1.54) is 5.56 Å². The van der Waals surface area contributed by atoms with Crippen molar-refractivity contribution < 1.29 is 14.6 Å². The Hall–Kier alpha value is -1.55. The zero-order valence-corrected chi connectivity index (χ0v) is 12.7. The summed E-state index contributed by atoms with van der Waals surface area (Å²) >= 11 is 0. The molecule has 20 heavy (non-hydrogen) atoms. The molecule has 0 atom stereocenters. The monoisotopic (exact) mass is 277 g/mol. The molecule has 4 heteroatoms. The number of carbonyl (C=O) groups excluding carboxylic acids is 1. The smallest absolute Gasteiger partial charge is 0.410 e. The van der Waals surface area contributed by atoms with E-state index in [1.54, 1.807) is 4.90 Å². The molecule has 1 amide bonds. The lowest BCUT2D eigenvalue weighted by molar-refractivity contribution is 0.0223. The lowest BCUT2D eigenvalue weighted by Gasteiger charge is -2.32. The fraction of sp³-hybridized carbons (Fsp3) is 0.562. The molecule has 1 aliphatic rings. The highest BCUT2D eigenvalue weighted by Gasteiger charge is 2.26. The molecule has 0 saturated heterocycles. The quantitative estimate of drug-likeness (QED) is 0.858. The van der Waals surface area contributed by atoms with Crippen LogP contribution in [-0.4, -0.2) is 28.2 Å². The summed E-state index contributed by atoms with van der Waals surface area (Å²) in [6, 6.07) is 3.94. The molecule has 1 aromatic rings. The Morgan fingerprint density at radius 1 is 1.40 bits per heavy atom. The SMILES string of the molecule is Cc1c(CO)ccc2c1CCN(C(=O)OC(C)(C)C)C2. The topological polar surface area (TPSA) is 49.8 Å². The van der Waals surface area contributed by atoms with Crippen molar-refractivity contribution in [2.24, 2.45) is 0 Å². The molecule has 0 aliphatic carbocycles. The van der Waals surface area contributed by atoms with Gasteiger partial charge in [-0.05, 0) is 56.4 Å². The molecule has 1 aliphatic heterocycles. The van der Waals surface area contributed by atoms with Gasteiger partial charge in [0.15, 0.2) is 0 Å². The molecule has 1 aromatic carbocycles. The molecule has 0 aromatic heterocycles. The molecule has 1 heterocycles. The Labute approximate surface area is 120 Å². The van der Waals surface area contributed by atoms with Gasteiger partial charge in [0.05, 0.1) is 6.61 Å². The van der Waals surface area contributed by atoms with Gasteiger partial charge >= 0.3 is 6.09 Å². The standard InChI is InChI=1S/C16H23NO3/c1-11-13(10-18)6-5-12-9-17(8-7-14(11)12)15(19)20-16(2,3)4/h5-6,18H,7-10H2,1-4H3. The van der Waals surface area contributed by atoms with E-state index in [0.717, 1.165) is 23.1 Å². The van der Waals surface area contributed by atoms with Crippen LogP contribution in [0.25, 0.3) is 0 Å². The largest absolute Gasteiger partial charge is 0.444 e. The number of benzene rings is 1. The summed E-state index contributed by atoms with van der Waals surface area (Å²) in [5.74, 6) is 0. The van der Waals surface area contributed by atoms with Crippen LogP contribution in [0.5, 0.6) is 0 Å². The number of ether oxygens (including phenoxy) is 1. The summed E-state index contributed by atoms with van der Waals surface area (Å²) in [6.45, 7) is 8.97. The highest BCUT2D eigenvalue weighted by Crippen LogP contribution is 2.26. The minimum atomic E-state index is -0.464. The summed E-state index contributed by atoms with van der Waals surface area (Å²) in [4.78, 5) is 13.8. The van der Waals surface area contributed by atoms with Crippen LogP contribution in [0.1, 0.15) is 43.0 Å². The number of amides is 1. The number of aliphatic hydroxyl groups excluding tert-OH is 1. The fourth-order valence-electron chi connectivity index (χ4n) is 2.54. The van der Waals surface area contributed by atoms with Gasteiger partial charge in [0, 0.05) is 13.1 Å². The van der Waals surface area contributed by atoms with Crippen molar-refractivity contribution in [1.29, 1.82) is 0 Å². The first kappa shape index (κ1) is 14.9. The first-order valence-electron chi connectivity index (χ1n) is 7.01. The first-order valence-corrected chi connectivity index (χ1v) is 7.01. The Balaban J connectivity index is 2.16. The van der Waals surface area contributed by atoms with Crippen molar-refractivity contribution in [2.45, 2.75) is 52.9 Å². The third-order valence-electron chi connectivity index (χ3n) is 3.62. The number of carbonyl (C=O) groups is 1. The first-order chi connectivity index (χ1) is 9.31. The number of nitrogens with zero attached hydrogens (tertiary/aromatic N) is 1. The highest BCUT2D eigenvalue weighted by molar-refractivity contribution is 5.68.